The number of benzene rings is 1. The molecule has 1 amide bonds. The molecule has 2 rings (SSSR count). The summed E-state index contributed by atoms with van der Waals surface area (Å²) in [5.74, 6) is 0.955. The van der Waals surface area contributed by atoms with Gasteiger partial charge in [-0.25, -0.2) is 0 Å². The van der Waals surface area contributed by atoms with Gasteiger partial charge in [0.25, 0.3) is 0 Å². The third-order valence-corrected chi connectivity index (χ3v) is 4.70. The van der Waals surface area contributed by atoms with E-state index in [4.69, 9.17) is 0 Å². The first-order valence-corrected chi connectivity index (χ1v) is 8.22. The summed E-state index contributed by atoms with van der Waals surface area (Å²) >= 11 is 0. The van der Waals surface area contributed by atoms with Crippen molar-refractivity contribution in [1.82, 2.24) is 10.2 Å². The highest BCUT2D eigenvalue weighted by Gasteiger charge is 2.28. The molecule has 0 bridgehead atoms. The molecule has 21 heavy (non-hydrogen) atoms. The summed E-state index contributed by atoms with van der Waals surface area (Å²) in [6, 6.07) is 8.33. The Hall–Kier alpha value is -1.35. The lowest BCUT2D eigenvalue weighted by molar-refractivity contribution is -0.134. The quantitative estimate of drug-likeness (QED) is 0.903. The van der Waals surface area contributed by atoms with Crippen molar-refractivity contribution in [1.29, 1.82) is 0 Å². The molecule has 1 N–H and O–H groups in total. The van der Waals surface area contributed by atoms with Crippen LogP contribution in [0.5, 0.6) is 0 Å². The molecule has 1 aliphatic heterocycles. The van der Waals surface area contributed by atoms with Crippen LogP contribution >= 0.6 is 0 Å². The van der Waals surface area contributed by atoms with Gasteiger partial charge in [0.05, 0.1) is 6.04 Å². The summed E-state index contributed by atoms with van der Waals surface area (Å²) in [5, 5.41) is 3.41. The van der Waals surface area contributed by atoms with Crippen molar-refractivity contribution in [2.75, 3.05) is 13.1 Å². The van der Waals surface area contributed by atoms with Crippen molar-refractivity contribution in [2.24, 2.45) is 5.92 Å². The topological polar surface area (TPSA) is 32.3 Å². The van der Waals surface area contributed by atoms with Crippen molar-refractivity contribution in [3.63, 3.8) is 0 Å². The minimum atomic E-state index is 0.00710. The third-order valence-electron chi connectivity index (χ3n) is 4.70. The number of likely N-dealkylation sites (N-methyl/N-ethyl adjacent to an activating group) is 1. The Morgan fingerprint density at radius 3 is 2.76 bits per heavy atom. The molecule has 3 heteroatoms. The molecule has 0 spiro atoms. The lowest BCUT2D eigenvalue weighted by Gasteiger charge is -2.33. The Morgan fingerprint density at radius 1 is 1.33 bits per heavy atom. The van der Waals surface area contributed by atoms with Crippen molar-refractivity contribution < 1.29 is 4.79 Å². The van der Waals surface area contributed by atoms with Crippen LogP contribution in [0.3, 0.4) is 0 Å². The number of carbonyl (C=O) groups excluding carboxylic acids is 1. The van der Waals surface area contributed by atoms with Gasteiger partial charge >= 0.3 is 0 Å². The van der Waals surface area contributed by atoms with Crippen molar-refractivity contribution in [3.8, 4) is 0 Å². The maximum Gasteiger partial charge on any atom is 0.240 e. The van der Waals surface area contributed by atoms with Crippen LogP contribution in [0, 0.1) is 12.8 Å². The number of nitrogens with zero attached hydrogens (tertiary/aromatic N) is 1. The first-order chi connectivity index (χ1) is 10.2. The lowest BCUT2D eigenvalue weighted by Crippen LogP contribution is -2.50. The fraction of sp³-hybridized carbons (Fsp3) is 0.611. The number of amides is 1. The van der Waals surface area contributed by atoms with E-state index in [9.17, 15) is 4.79 Å². The Bertz CT molecular complexity index is 472. The summed E-state index contributed by atoms with van der Waals surface area (Å²) in [5.41, 5.74) is 2.50. The van der Waals surface area contributed by atoms with Gasteiger partial charge in [0.15, 0.2) is 0 Å². The van der Waals surface area contributed by atoms with Crippen LogP contribution in [0.4, 0.5) is 0 Å². The molecular formula is C18H28N2O. The van der Waals surface area contributed by atoms with Gasteiger partial charge in [0, 0.05) is 13.1 Å². The SMILES string of the molecule is CCC1CCNC(C(=O)N(CC)Cc2ccccc2C)C1. The van der Waals surface area contributed by atoms with E-state index >= 15 is 0 Å². The third kappa shape index (κ3) is 4.07. The zero-order valence-corrected chi connectivity index (χ0v) is 13.6. The molecule has 1 saturated heterocycles. The lowest BCUT2D eigenvalue weighted by atomic mass is 9.90. The van der Waals surface area contributed by atoms with E-state index in [1.54, 1.807) is 0 Å². The summed E-state index contributed by atoms with van der Waals surface area (Å²) in [6.45, 7) is 8.86. The van der Waals surface area contributed by atoms with Crippen LogP contribution in [0.2, 0.25) is 0 Å². The van der Waals surface area contributed by atoms with Gasteiger partial charge in [-0.1, -0.05) is 37.6 Å². The molecule has 0 aliphatic carbocycles. The fourth-order valence-corrected chi connectivity index (χ4v) is 3.11. The first-order valence-electron chi connectivity index (χ1n) is 8.22. The van der Waals surface area contributed by atoms with Crippen molar-refractivity contribution >= 4 is 5.91 Å². The zero-order chi connectivity index (χ0) is 15.2. The van der Waals surface area contributed by atoms with Crippen LogP contribution in [0.25, 0.3) is 0 Å². The van der Waals surface area contributed by atoms with E-state index in [1.165, 1.54) is 24.0 Å². The normalized spacial score (nSPS) is 22.0. The first kappa shape index (κ1) is 16.0. The second-order valence-electron chi connectivity index (χ2n) is 6.08. The molecule has 0 radical (unpaired) electrons. The van der Waals surface area contributed by atoms with Crippen LogP contribution in [-0.2, 0) is 11.3 Å². The minimum Gasteiger partial charge on any atom is -0.337 e. The van der Waals surface area contributed by atoms with E-state index < -0.39 is 0 Å². The van der Waals surface area contributed by atoms with Crippen molar-refractivity contribution in [3.05, 3.63) is 35.4 Å². The number of aryl methyl sites for hydroxylation is 1. The number of piperidine rings is 1. The Balaban J connectivity index is 2.03. The number of hydrogen-bond donors (Lipinski definition) is 1. The minimum absolute atomic E-state index is 0.00710. The molecule has 116 valence electrons. The Kier molecular flexibility index (Phi) is 5.80. The molecule has 1 aromatic carbocycles. The summed E-state index contributed by atoms with van der Waals surface area (Å²) in [4.78, 5) is 14.8. The van der Waals surface area contributed by atoms with E-state index in [0.717, 1.165) is 26.1 Å². The van der Waals surface area contributed by atoms with Crippen LogP contribution in [-0.4, -0.2) is 29.9 Å². The molecule has 1 aromatic rings. The highest BCUT2D eigenvalue weighted by molar-refractivity contribution is 5.82. The molecule has 0 aromatic heterocycles. The average Bonchev–Trinajstić information content (AvgIpc) is 2.53. The van der Waals surface area contributed by atoms with Gasteiger partial charge in [-0.15, -0.1) is 0 Å². The molecule has 2 unspecified atom stereocenters. The van der Waals surface area contributed by atoms with Crippen LogP contribution < -0.4 is 5.32 Å². The monoisotopic (exact) mass is 288 g/mol. The number of rotatable bonds is 5. The molecule has 2 atom stereocenters. The van der Waals surface area contributed by atoms with Crippen LogP contribution in [0.1, 0.15) is 44.2 Å². The van der Waals surface area contributed by atoms with Gasteiger partial charge in [-0.05, 0) is 50.3 Å². The zero-order valence-electron chi connectivity index (χ0n) is 13.6. The molecular weight excluding hydrogens is 260 g/mol. The standard InChI is InChI=1S/C18H28N2O/c1-4-15-10-11-19-17(12-15)18(21)20(5-2)13-16-9-7-6-8-14(16)3/h6-9,15,17,19H,4-5,10-13H2,1-3H3. The van der Waals surface area contributed by atoms with E-state index in [0.29, 0.717) is 5.92 Å². The van der Waals surface area contributed by atoms with Gasteiger partial charge in [-0.2, -0.15) is 0 Å². The fourth-order valence-electron chi connectivity index (χ4n) is 3.11. The molecule has 3 nitrogen and oxygen atoms in total. The maximum atomic E-state index is 12.8. The number of hydrogen-bond acceptors (Lipinski definition) is 2. The summed E-state index contributed by atoms with van der Waals surface area (Å²) in [7, 11) is 0. The van der Waals surface area contributed by atoms with E-state index in [1.807, 2.05) is 17.0 Å². The van der Waals surface area contributed by atoms with Gasteiger partial charge < -0.3 is 10.2 Å². The Morgan fingerprint density at radius 2 is 2.10 bits per heavy atom. The van der Waals surface area contributed by atoms with Gasteiger partial charge in [0.2, 0.25) is 5.91 Å². The average molecular weight is 288 g/mol. The van der Waals surface area contributed by atoms with Gasteiger partial charge in [-0.3, -0.25) is 4.79 Å². The Labute approximate surface area is 128 Å². The van der Waals surface area contributed by atoms with Crippen molar-refractivity contribution in [2.45, 2.75) is 52.6 Å². The molecule has 1 aliphatic rings. The molecule has 0 saturated carbocycles. The second-order valence-corrected chi connectivity index (χ2v) is 6.08. The predicted molar refractivity (Wildman–Crippen MR) is 87.1 cm³/mol. The molecule has 1 fully saturated rings. The largest absolute Gasteiger partial charge is 0.337 e. The highest BCUT2D eigenvalue weighted by Crippen LogP contribution is 2.21. The molecule has 1 heterocycles. The van der Waals surface area contributed by atoms with Gasteiger partial charge in [0.1, 0.15) is 0 Å². The highest BCUT2D eigenvalue weighted by atomic mass is 16.2. The number of nitrogens with one attached hydrogen (secondary N) is 1. The number of carbonyl (C=O) groups is 1. The summed E-state index contributed by atoms with van der Waals surface area (Å²) < 4.78 is 0. The van der Waals surface area contributed by atoms with E-state index in [2.05, 4.69) is 38.2 Å². The predicted octanol–water partition coefficient (Wildman–Crippen LogP) is 3.12. The summed E-state index contributed by atoms with van der Waals surface area (Å²) in [6.07, 6.45) is 3.36. The maximum absolute atomic E-state index is 12.8. The smallest absolute Gasteiger partial charge is 0.240 e. The second kappa shape index (κ2) is 7.60. The van der Waals surface area contributed by atoms with Crippen LogP contribution in [0.15, 0.2) is 24.3 Å². The van der Waals surface area contributed by atoms with E-state index in [-0.39, 0.29) is 11.9 Å².